The lowest BCUT2D eigenvalue weighted by molar-refractivity contribution is 0.156. The first-order valence-corrected chi connectivity index (χ1v) is 8.86. The number of aliphatic hydroxyl groups is 1. The Kier molecular flexibility index (Phi) is 6.00. The number of hydrogen-bond donors (Lipinski definition) is 2. The van der Waals surface area contributed by atoms with Gasteiger partial charge in [0.05, 0.1) is 19.8 Å². The van der Waals surface area contributed by atoms with Crippen molar-refractivity contribution in [1.82, 2.24) is 9.29 Å². The van der Waals surface area contributed by atoms with Gasteiger partial charge in [-0.25, -0.2) is 13.1 Å². The molecule has 1 aromatic carbocycles. The van der Waals surface area contributed by atoms with Crippen molar-refractivity contribution in [3.63, 3.8) is 0 Å². The molecule has 0 saturated carbocycles. The summed E-state index contributed by atoms with van der Waals surface area (Å²) in [5.74, 6) is 0.140. The average Bonchev–Trinajstić information content (AvgIpc) is 2.55. The van der Waals surface area contributed by atoms with Crippen LogP contribution in [-0.4, -0.2) is 37.8 Å². The molecule has 2 aromatic rings. The lowest BCUT2D eigenvalue weighted by Crippen LogP contribution is -2.36. The van der Waals surface area contributed by atoms with Crippen LogP contribution in [-0.2, 0) is 16.6 Å². The summed E-state index contributed by atoms with van der Waals surface area (Å²) < 4.78 is 33.3. The van der Waals surface area contributed by atoms with Crippen molar-refractivity contribution in [3.05, 3.63) is 58.0 Å². The number of nitrogens with zero attached hydrogens (tertiary/aromatic N) is 1. The molecule has 1 aromatic heterocycles. The highest BCUT2D eigenvalue weighted by atomic mass is 35.5. The molecule has 0 aliphatic heterocycles. The number of hydrogen-bond acceptors (Lipinski definition) is 5. The second kappa shape index (κ2) is 7.80. The van der Waals surface area contributed by atoms with Crippen LogP contribution in [0.25, 0.3) is 0 Å². The molecule has 130 valence electrons. The molecule has 0 saturated heterocycles. The van der Waals surface area contributed by atoms with E-state index >= 15 is 0 Å². The normalized spacial score (nSPS) is 12.8. The van der Waals surface area contributed by atoms with Crippen molar-refractivity contribution in [3.8, 4) is 5.75 Å². The number of aliphatic hydroxyl groups excluding tert-OH is 1. The third-order valence-corrected chi connectivity index (χ3v) is 4.91. The van der Waals surface area contributed by atoms with Crippen molar-refractivity contribution in [2.75, 3.05) is 13.7 Å². The zero-order valence-electron chi connectivity index (χ0n) is 12.8. The molecule has 7 nitrogen and oxygen atoms in total. The molecule has 24 heavy (non-hydrogen) atoms. The van der Waals surface area contributed by atoms with Crippen LogP contribution in [0.5, 0.6) is 5.75 Å². The number of aromatic nitrogens is 1. The van der Waals surface area contributed by atoms with E-state index in [0.29, 0.717) is 0 Å². The van der Waals surface area contributed by atoms with Crippen LogP contribution in [0.1, 0.15) is 0 Å². The van der Waals surface area contributed by atoms with E-state index < -0.39 is 16.1 Å². The maximum atomic E-state index is 12.4. The van der Waals surface area contributed by atoms with Gasteiger partial charge in [0, 0.05) is 23.8 Å². The van der Waals surface area contributed by atoms with Gasteiger partial charge in [-0.05, 0) is 24.3 Å². The summed E-state index contributed by atoms with van der Waals surface area (Å²) in [7, 11) is -2.58. The maximum Gasteiger partial charge on any atom is 0.250 e. The Morgan fingerprint density at radius 1 is 1.33 bits per heavy atom. The fraction of sp³-hybridized carbons (Fsp3) is 0.267. The number of sulfonamides is 1. The first kappa shape index (κ1) is 18.5. The molecule has 2 N–H and O–H groups in total. The smallest absolute Gasteiger partial charge is 0.250 e. The van der Waals surface area contributed by atoms with E-state index in [9.17, 15) is 18.3 Å². The van der Waals surface area contributed by atoms with E-state index in [1.165, 1.54) is 42.1 Å². The SMILES string of the molecule is COc1ccc(Cl)cc1S(=O)(=O)NCC(O)Cn1ccccc1=O. The minimum Gasteiger partial charge on any atom is -0.495 e. The lowest BCUT2D eigenvalue weighted by Gasteiger charge is -2.15. The van der Waals surface area contributed by atoms with Gasteiger partial charge < -0.3 is 14.4 Å². The molecule has 2 rings (SSSR count). The van der Waals surface area contributed by atoms with E-state index in [1.54, 1.807) is 12.1 Å². The van der Waals surface area contributed by atoms with Gasteiger partial charge in [0.15, 0.2) is 0 Å². The summed E-state index contributed by atoms with van der Waals surface area (Å²) in [6.07, 6.45) is 0.435. The summed E-state index contributed by atoms with van der Waals surface area (Å²) in [5, 5.41) is 10.2. The zero-order valence-corrected chi connectivity index (χ0v) is 14.4. The minimum atomic E-state index is -3.93. The van der Waals surface area contributed by atoms with Crippen LogP contribution in [0.2, 0.25) is 5.02 Å². The van der Waals surface area contributed by atoms with E-state index in [0.717, 1.165) is 0 Å². The van der Waals surface area contributed by atoms with Gasteiger partial charge in [0.1, 0.15) is 10.6 Å². The van der Waals surface area contributed by atoms with Gasteiger partial charge in [0.25, 0.3) is 5.56 Å². The van der Waals surface area contributed by atoms with Gasteiger partial charge in [-0.1, -0.05) is 17.7 Å². The topological polar surface area (TPSA) is 97.6 Å². The van der Waals surface area contributed by atoms with Crippen LogP contribution in [0.4, 0.5) is 0 Å². The van der Waals surface area contributed by atoms with Crippen LogP contribution >= 0.6 is 11.6 Å². The second-order valence-corrected chi connectivity index (χ2v) is 7.16. The predicted molar refractivity (Wildman–Crippen MR) is 89.9 cm³/mol. The zero-order chi connectivity index (χ0) is 17.7. The molecule has 1 atom stereocenters. The van der Waals surface area contributed by atoms with Crippen LogP contribution in [0, 0.1) is 0 Å². The summed E-state index contributed by atoms with van der Waals surface area (Å²) >= 11 is 5.83. The van der Waals surface area contributed by atoms with Gasteiger partial charge >= 0.3 is 0 Å². The highest BCUT2D eigenvalue weighted by Gasteiger charge is 2.21. The fourth-order valence-corrected chi connectivity index (χ4v) is 3.55. The van der Waals surface area contributed by atoms with Gasteiger partial charge in [-0.2, -0.15) is 0 Å². The van der Waals surface area contributed by atoms with Crippen LogP contribution < -0.4 is 15.0 Å². The average molecular weight is 373 g/mol. The molecule has 0 amide bonds. The molecule has 9 heteroatoms. The van der Waals surface area contributed by atoms with Gasteiger partial charge in [-0.3, -0.25) is 4.79 Å². The summed E-state index contributed by atoms with van der Waals surface area (Å²) in [5.41, 5.74) is -0.282. The molecule has 0 aliphatic carbocycles. The molecular weight excluding hydrogens is 356 g/mol. The molecule has 1 unspecified atom stereocenters. The Morgan fingerprint density at radius 3 is 2.75 bits per heavy atom. The molecule has 0 spiro atoms. The Labute approximate surface area is 144 Å². The number of methoxy groups -OCH3 is 1. The largest absolute Gasteiger partial charge is 0.495 e. The van der Waals surface area contributed by atoms with Gasteiger partial charge in [0.2, 0.25) is 10.0 Å². The molecule has 0 radical (unpaired) electrons. The summed E-state index contributed by atoms with van der Waals surface area (Å²) in [6, 6.07) is 8.80. The maximum absolute atomic E-state index is 12.4. The van der Waals surface area contributed by atoms with Crippen LogP contribution in [0.3, 0.4) is 0 Å². The molecule has 0 bridgehead atoms. The van der Waals surface area contributed by atoms with Crippen molar-refractivity contribution < 1.29 is 18.3 Å². The standard InChI is InChI=1S/C15H17ClN2O5S/c1-23-13-6-5-11(16)8-14(13)24(21,22)17-9-12(19)10-18-7-3-2-4-15(18)20/h2-8,12,17,19H,9-10H2,1H3. The minimum absolute atomic E-state index is 0.0329. The van der Waals surface area contributed by atoms with Crippen LogP contribution in [0.15, 0.2) is 52.3 Å². The number of halogens is 1. The van der Waals surface area contributed by atoms with E-state index in [4.69, 9.17) is 16.3 Å². The number of pyridine rings is 1. The second-order valence-electron chi connectivity index (χ2n) is 4.99. The summed E-state index contributed by atoms with van der Waals surface area (Å²) in [4.78, 5) is 11.5. The van der Waals surface area contributed by atoms with E-state index in [1.807, 2.05) is 0 Å². The third kappa shape index (κ3) is 4.57. The summed E-state index contributed by atoms with van der Waals surface area (Å²) in [6.45, 7) is -0.297. The van der Waals surface area contributed by atoms with E-state index in [2.05, 4.69) is 4.72 Å². The van der Waals surface area contributed by atoms with Gasteiger partial charge in [-0.15, -0.1) is 0 Å². The molecular formula is C15H17ClN2O5S. The lowest BCUT2D eigenvalue weighted by atomic mass is 10.3. The third-order valence-electron chi connectivity index (χ3n) is 3.23. The van der Waals surface area contributed by atoms with Crippen molar-refractivity contribution in [2.24, 2.45) is 0 Å². The first-order chi connectivity index (χ1) is 11.3. The quantitative estimate of drug-likeness (QED) is 0.751. The Morgan fingerprint density at radius 2 is 2.08 bits per heavy atom. The Hall–Kier alpha value is -1.87. The number of ether oxygens (including phenoxy) is 1. The molecule has 0 fully saturated rings. The molecule has 1 heterocycles. The number of benzene rings is 1. The van der Waals surface area contributed by atoms with Crippen molar-refractivity contribution >= 4 is 21.6 Å². The highest BCUT2D eigenvalue weighted by Crippen LogP contribution is 2.26. The van der Waals surface area contributed by atoms with E-state index in [-0.39, 0.29) is 34.3 Å². The Bertz CT molecular complexity index is 866. The first-order valence-electron chi connectivity index (χ1n) is 7.00. The molecule has 0 aliphatic rings. The monoisotopic (exact) mass is 372 g/mol. The van der Waals surface area contributed by atoms with Crippen molar-refractivity contribution in [1.29, 1.82) is 0 Å². The number of nitrogens with one attached hydrogen (secondary N) is 1. The fourth-order valence-electron chi connectivity index (χ4n) is 2.05. The highest BCUT2D eigenvalue weighted by molar-refractivity contribution is 7.89. The number of rotatable bonds is 7. The Balaban J connectivity index is 2.09. The predicted octanol–water partition coefficient (Wildman–Crippen LogP) is 0.850. The van der Waals surface area contributed by atoms with Crippen molar-refractivity contribution in [2.45, 2.75) is 17.5 Å².